The first-order chi connectivity index (χ1) is 20.9. The Morgan fingerprint density at radius 3 is 2.20 bits per heavy atom. The molecule has 0 aromatic carbocycles. The third-order valence-electron chi connectivity index (χ3n) is 8.79. The summed E-state index contributed by atoms with van der Waals surface area (Å²) in [7, 11) is 0. The molecule has 3 aromatic rings. The fourth-order valence-corrected chi connectivity index (χ4v) is 6.37. The Labute approximate surface area is 270 Å². The smallest absolute Gasteiger partial charge is 0.657 e. The first kappa shape index (κ1) is 33.4. The number of carbonyl (C=O) groups is 3. The van der Waals surface area contributed by atoms with E-state index in [-0.39, 0.29) is 52.5 Å². The molecule has 8 bridgehead atoms. The van der Waals surface area contributed by atoms with E-state index in [0.717, 1.165) is 28.0 Å². The molecule has 237 valence electrons. The van der Waals surface area contributed by atoms with Gasteiger partial charge in [0.15, 0.2) is 0 Å². The number of aromatic carboxylic acids is 1. The first-order valence-corrected chi connectivity index (χ1v) is 14.5. The van der Waals surface area contributed by atoms with Gasteiger partial charge in [-0.15, -0.1) is 22.1 Å². The zero-order valence-corrected chi connectivity index (χ0v) is 26.6. The van der Waals surface area contributed by atoms with Gasteiger partial charge in [-0.3, -0.25) is 14.6 Å². The SMILES string of the molecule is C=Cc1c(C)c2cc3nc(c(CC(=O)O)c4[n-]c(cc5nc(cc1[n-]2)C(C)=C5CC)c(C)c4C(=O)O)C(CCC(=O)O)C3C.[Cu+2]. The van der Waals surface area contributed by atoms with Gasteiger partial charge in [-0.05, 0) is 55.9 Å². The molecular formula is C34H34CuN4O6. The molecule has 3 N–H and O–H groups in total. The topological polar surface area (TPSA) is 166 Å². The molecule has 10 nitrogen and oxygen atoms in total. The van der Waals surface area contributed by atoms with Crippen LogP contribution in [0.4, 0.5) is 0 Å². The molecule has 2 atom stereocenters. The Kier molecular flexibility index (Phi) is 9.56. The summed E-state index contributed by atoms with van der Waals surface area (Å²) >= 11 is 0. The minimum absolute atomic E-state index is 0. The number of carboxylic acids is 3. The summed E-state index contributed by atoms with van der Waals surface area (Å²) in [5, 5.41) is 29.8. The van der Waals surface area contributed by atoms with Crippen LogP contribution in [-0.4, -0.2) is 43.2 Å². The van der Waals surface area contributed by atoms with Crippen LogP contribution in [-0.2, 0) is 33.1 Å². The van der Waals surface area contributed by atoms with E-state index in [1.165, 1.54) is 0 Å². The third kappa shape index (κ3) is 5.98. The number of hydrogen-bond acceptors (Lipinski definition) is 5. The molecule has 5 heterocycles. The Morgan fingerprint density at radius 2 is 1.60 bits per heavy atom. The standard InChI is InChI=1S/C34H36N4O6.Cu/c1-7-19-15(3)23-12-25-17(5)21(9-10-29(39)40)32(37-25)22(11-30(41)42)33-31(34(43)44)18(6)26(38-33)14-28-20(8-2)16(4)24(36-28)13-27(19)35-23;/h7,12-14,17,21H,1,8-11H2,2-6H3,(H5,35,36,37,38,39,40,41,42,43,44);/q;+2/p-2. The number of allylic oxidation sites excluding steroid dienone is 2. The van der Waals surface area contributed by atoms with Crippen molar-refractivity contribution in [2.45, 2.75) is 72.1 Å². The van der Waals surface area contributed by atoms with Gasteiger partial charge in [0.25, 0.3) is 0 Å². The Morgan fingerprint density at radius 1 is 0.933 bits per heavy atom. The number of hydrogen-bond donors (Lipinski definition) is 3. The summed E-state index contributed by atoms with van der Waals surface area (Å²) in [6.45, 7) is 13.5. The fourth-order valence-electron chi connectivity index (χ4n) is 6.37. The van der Waals surface area contributed by atoms with Crippen LogP contribution in [0.2, 0.25) is 0 Å². The second-order valence-corrected chi connectivity index (χ2v) is 11.3. The van der Waals surface area contributed by atoms with Gasteiger partial charge in [-0.25, -0.2) is 9.78 Å². The number of nitrogens with zero attached hydrogens (tertiary/aromatic N) is 4. The average molecular weight is 658 g/mol. The first-order valence-electron chi connectivity index (χ1n) is 14.5. The molecule has 0 spiro atoms. The maximum atomic E-state index is 12.7. The Balaban J connectivity index is 0.00000461. The molecule has 2 aliphatic heterocycles. The van der Waals surface area contributed by atoms with E-state index in [9.17, 15) is 29.7 Å². The van der Waals surface area contributed by atoms with Crippen LogP contribution in [0, 0.1) is 13.8 Å². The van der Waals surface area contributed by atoms with Gasteiger partial charge in [0, 0.05) is 35.2 Å². The summed E-state index contributed by atoms with van der Waals surface area (Å²) in [4.78, 5) is 56.0. The van der Waals surface area contributed by atoms with Gasteiger partial charge in [-0.2, -0.15) is 0 Å². The van der Waals surface area contributed by atoms with E-state index in [0.29, 0.717) is 45.6 Å². The molecule has 1 radical (unpaired) electrons. The van der Waals surface area contributed by atoms with E-state index in [4.69, 9.17) is 19.9 Å². The largest absolute Gasteiger partial charge is 2.00 e. The number of aryl methyl sites for hydroxylation is 2. The van der Waals surface area contributed by atoms with E-state index in [1.54, 1.807) is 19.1 Å². The van der Waals surface area contributed by atoms with Crippen LogP contribution in [0.15, 0.2) is 24.8 Å². The molecule has 45 heavy (non-hydrogen) atoms. The number of aromatic nitrogens is 4. The maximum absolute atomic E-state index is 12.7. The van der Waals surface area contributed by atoms with Crippen LogP contribution < -0.4 is 9.97 Å². The van der Waals surface area contributed by atoms with Gasteiger partial charge < -0.3 is 25.3 Å². The number of carboxylic acid groups (broad SMARTS) is 3. The maximum Gasteiger partial charge on any atom is 2.00 e. The van der Waals surface area contributed by atoms with Crippen molar-refractivity contribution in [3.8, 4) is 0 Å². The molecule has 2 unspecified atom stereocenters. The van der Waals surface area contributed by atoms with Crippen molar-refractivity contribution in [3.05, 3.63) is 75.4 Å². The molecule has 0 saturated heterocycles. The predicted molar refractivity (Wildman–Crippen MR) is 168 cm³/mol. The Hall–Kier alpha value is -4.47. The number of fused-ring (bicyclic) bond motifs is 8. The summed E-state index contributed by atoms with van der Waals surface area (Å²) in [6, 6.07) is 5.50. The van der Waals surface area contributed by atoms with Crippen molar-refractivity contribution in [2.75, 3.05) is 0 Å². The normalized spacial score (nSPS) is 15.9. The van der Waals surface area contributed by atoms with Crippen molar-refractivity contribution in [3.63, 3.8) is 0 Å². The van der Waals surface area contributed by atoms with E-state index in [1.807, 2.05) is 39.8 Å². The van der Waals surface area contributed by atoms with Crippen LogP contribution in [0.1, 0.15) is 107 Å². The predicted octanol–water partition coefficient (Wildman–Crippen LogP) is 6.25. The van der Waals surface area contributed by atoms with Gasteiger partial charge in [-0.1, -0.05) is 55.8 Å². The summed E-state index contributed by atoms with van der Waals surface area (Å²) < 4.78 is 0. The summed E-state index contributed by atoms with van der Waals surface area (Å²) in [5.41, 5.74) is 8.16. The van der Waals surface area contributed by atoms with E-state index in [2.05, 4.69) is 6.58 Å². The minimum Gasteiger partial charge on any atom is -0.657 e. The molecule has 0 fully saturated rings. The van der Waals surface area contributed by atoms with Crippen molar-refractivity contribution < 1.29 is 46.8 Å². The molecule has 0 aliphatic carbocycles. The van der Waals surface area contributed by atoms with Crippen molar-refractivity contribution in [1.82, 2.24) is 19.9 Å². The second kappa shape index (κ2) is 12.9. The van der Waals surface area contributed by atoms with Crippen LogP contribution >= 0.6 is 0 Å². The third-order valence-corrected chi connectivity index (χ3v) is 8.79. The minimum atomic E-state index is -1.24. The monoisotopic (exact) mass is 657 g/mol. The quantitative estimate of drug-likeness (QED) is 0.236. The average Bonchev–Trinajstić information content (AvgIpc) is 3.63. The van der Waals surface area contributed by atoms with E-state index < -0.39 is 30.2 Å². The molecule has 5 rings (SSSR count). The number of rotatable bonds is 8. The summed E-state index contributed by atoms with van der Waals surface area (Å²) in [5.74, 6) is -4.21. The van der Waals surface area contributed by atoms with E-state index >= 15 is 0 Å². The van der Waals surface area contributed by atoms with Crippen molar-refractivity contribution >= 4 is 57.2 Å². The molecule has 0 amide bonds. The fraction of sp³-hybridized carbons (Fsp3) is 0.324. The molecular weight excluding hydrogens is 624 g/mol. The van der Waals surface area contributed by atoms with Gasteiger partial charge in [0.05, 0.1) is 17.8 Å². The van der Waals surface area contributed by atoms with Crippen molar-refractivity contribution in [1.29, 1.82) is 0 Å². The second-order valence-electron chi connectivity index (χ2n) is 11.3. The summed E-state index contributed by atoms with van der Waals surface area (Å²) in [6.07, 6.45) is 1.90. The molecule has 3 aromatic heterocycles. The number of aliphatic carboxylic acids is 2. The van der Waals surface area contributed by atoms with Gasteiger partial charge in [0.1, 0.15) is 0 Å². The van der Waals surface area contributed by atoms with Crippen molar-refractivity contribution in [2.24, 2.45) is 0 Å². The molecule has 11 heteroatoms. The van der Waals surface area contributed by atoms with Crippen LogP contribution in [0.3, 0.4) is 0 Å². The van der Waals surface area contributed by atoms with Crippen LogP contribution in [0.5, 0.6) is 0 Å². The zero-order chi connectivity index (χ0) is 32.0. The Bertz CT molecular complexity index is 1950. The van der Waals surface area contributed by atoms with Gasteiger partial charge >= 0.3 is 35.0 Å². The molecule has 0 saturated carbocycles. The van der Waals surface area contributed by atoms with Crippen LogP contribution in [0.25, 0.3) is 39.3 Å². The zero-order valence-electron chi connectivity index (χ0n) is 25.7. The van der Waals surface area contributed by atoms with Gasteiger partial charge in [0.2, 0.25) is 0 Å². The molecule has 2 aliphatic rings.